The van der Waals surface area contributed by atoms with Crippen LogP contribution in [0.4, 0.5) is 9.93 Å². The number of nitrogens with zero attached hydrogens (tertiary/aromatic N) is 4. The van der Waals surface area contributed by atoms with Crippen molar-refractivity contribution in [2.75, 3.05) is 11.9 Å². The van der Waals surface area contributed by atoms with E-state index in [1.807, 2.05) is 40.6 Å². The maximum atomic E-state index is 12.6. The van der Waals surface area contributed by atoms with Gasteiger partial charge in [-0.1, -0.05) is 41.7 Å². The predicted molar refractivity (Wildman–Crippen MR) is 95.2 cm³/mol. The Bertz CT molecular complexity index is 818. The van der Waals surface area contributed by atoms with Crippen LogP contribution in [0.1, 0.15) is 23.9 Å². The fourth-order valence-electron chi connectivity index (χ4n) is 2.80. The number of carbonyl (C=O) groups is 1. The second-order valence-corrected chi connectivity index (χ2v) is 7.33. The summed E-state index contributed by atoms with van der Waals surface area (Å²) in [6.07, 6.45) is 3.72. The predicted octanol–water partition coefficient (Wildman–Crippen LogP) is 4.03. The van der Waals surface area contributed by atoms with Gasteiger partial charge in [0.15, 0.2) is 0 Å². The van der Waals surface area contributed by atoms with Gasteiger partial charge in [-0.3, -0.25) is 5.32 Å². The van der Waals surface area contributed by atoms with E-state index < -0.39 is 0 Å². The molecule has 4 rings (SSSR count). The van der Waals surface area contributed by atoms with Crippen molar-refractivity contribution in [2.45, 2.75) is 18.9 Å². The first-order chi connectivity index (χ1) is 11.8. The number of benzene rings is 1. The number of rotatable bonds is 3. The minimum Gasteiger partial charge on any atom is -0.315 e. The van der Waals surface area contributed by atoms with Gasteiger partial charge in [0.25, 0.3) is 0 Å². The highest BCUT2D eigenvalue weighted by Gasteiger charge is 2.32. The molecule has 1 aromatic carbocycles. The Morgan fingerprint density at radius 1 is 1.25 bits per heavy atom. The highest BCUT2D eigenvalue weighted by Crippen LogP contribution is 2.34. The number of hydrogen-bond acceptors (Lipinski definition) is 6. The Morgan fingerprint density at radius 2 is 2.12 bits per heavy atom. The second kappa shape index (κ2) is 6.66. The van der Waals surface area contributed by atoms with Crippen molar-refractivity contribution < 1.29 is 4.79 Å². The first-order valence-electron chi connectivity index (χ1n) is 7.67. The molecule has 122 valence electrons. The zero-order chi connectivity index (χ0) is 16.4. The number of urea groups is 1. The minimum atomic E-state index is -0.136. The van der Waals surface area contributed by atoms with Crippen molar-refractivity contribution in [1.29, 1.82) is 0 Å². The lowest BCUT2D eigenvalue weighted by molar-refractivity contribution is 0.207. The maximum absolute atomic E-state index is 12.6. The Morgan fingerprint density at radius 3 is 2.92 bits per heavy atom. The molecular weight excluding hydrogens is 342 g/mol. The maximum Gasteiger partial charge on any atom is 0.324 e. The topological polar surface area (TPSA) is 71.0 Å². The van der Waals surface area contributed by atoms with Gasteiger partial charge in [0, 0.05) is 23.7 Å². The summed E-state index contributed by atoms with van der Waals surface area (Å²) >= 11 is 2.97. The Labute approximate surface area is 147 Å². The molecule has 3 heterocycles. The standard InChI is InChI=1S/C16H15N5OS2/c22-16(21-9-4-7-12(21)14-17-8-10-23-14)18-15-20-19-13(24-15)11-5-2-1-3-6-11/h1-3,5-6,8,10,12H,4,7,9H2,(H,18,20,22). The fraction of sp³-hybridized carbons (Fsp3) is 0.250. The lowest BCUT2D eigenvalue weighted by atomic mass is 10.2. The average molecular weight is 357 g/mol. The largest absolute Gasteiger partial charge is 0.324 e. The summed E-state index contributed by atoms with van der Waals surface area (Å²) in [5.74, 6) is 0. The van der Waals surface area contributed by atoms with E-state index in [0.717, 1.165) is 35.0 Å². The van der Waals surface area contributed by atoms with Gasteiger partial charge in [0.05, 0.1) is 6.04 Å². The normalized spacial score (nSPS) is 17.2. The third kappa shape index (κ3) is 3.02. The molecule has 1 unspecified atom stereocenters. The van der Waals surface area contributed by atoms with Gasteiger partial charge < -0.3 is 4.90 Å². The van der Waals surface area contributed by atoms with Crippen LogP contribution in [0.15, 0.2) is 41.9 Å². The van der Waals surface area contributed by atoms with E-state index in [-0.39, 0.29) is 12.1 Å². The molecule has 2 amide bonds. The van der Waals surface area contributed by atoms with E-state index in [2.05, 4.69) is 20.5 Å². The number of carbonyl (C=O) groups excluding carboxylic acids is 1. The van der Waals surface area contributed by atoms with Crippen molar-refractivity contribution in [3.8, 4) is 10.6 Å². The average Bonchev–Trinajstić information content (AvgIpc) is 3.36. The van der Waals surface area contributed by atoms with Gasteiger partial charge in [-0.2, -0.15) is 0 Å². The molecule has 1 N–H and O–H groups in total. The Kier molecular flexibility index (Phi) is 4.22. The summed E-state index contributed by atoms with van der Waals surface area (Å²) in [6.45, 7) is 0.737. The van der Waals surface area contributed by atoms with E-state index in [4.69, 9.17) is 0 Å². The summed E-state index contributed by atoms with van der Waals surface area (Å²) in [7, 11) is 0. The fourth-order valence-corrected chi connectivity index (χ4v) is 4.32. The summed E-state index contributed by atoms with van der Waals surface area (Å²) in [5, 5.41) is 15.4. The third-order valence-electron chi connectivity index (χ3n) is 3.91. The van der Waals surface area contributed by atoms with Crippen LogP contribution in [0.3, 0.4) is 0 Å². The van der Waals surface area contributed by atoms with Gasteiger partial charge in [0.2, 0.25) is 5.13 Å². The molecule has 1 fully saturated rings. The minimum absolute atomic E-state index is 0.0616. The molecule has 1 atom stereocenters. The second-order valence-electron chi connectivity index (χ2n) is 5.43. The van der Waals surface area contributed by atoms with Crippen molar-refractivity contribution in [3.05, 3.63) is 46.9 Å². The molecular formula is C16H15N5OS2. The molecule has 24 heavy (non-hydrogen) atoms. The quantitative estimate of drug-likeness (QED) is 0.768. The molecule has 0 radical (unpaired) electrons. The summed E-state index contributed by atoms with van der Waals surface area (Å²) in [4.78, 5) is 18.8. The Balaban J connectivity index is 1.47. The highest BCUT2D eigenvalue weighted by molar-refractivity contribution is 7.18. The smallest absolute Gasteiger partial charge is 0.315 e. The summed E-state index contributed by atoms with van der Waals surface area (Å²) < 4.78 is 0. The lowest BCUT2D eigenvalue weighted by Gasteiger charge is -2.22. The summed E-state index contributed by atoms with van der Waals surface area (Å²) in [5.41, 5.74) is 0.998. The zero-order valence-electron chi connectivity index (χ0n) is 12.8. The van der Waals surface area contributed by atoms with Crippen LogP contribution in [0.5, 0.6) is 0 Å². The van der Waals surface area contributed by atoms with E-state index in [0.29, 0.717) is 5.13 Å². The number of anilines is 1. The van der Waals surface area contributed by atoms with Gasteiger partial charge in [-0.15, -0.1) is 21.5 Å². The summed E-state index contributed by atoms with van der Waals surface area (Å²) in [6, 6.07) is 9.75. The molecule has 6 nitrogen and oxygen atoms in total. The van der Waals surface area contributed by atoms with E-state index in [1.165, 1.54) is 11.3 Å². The molecule has 8 heteroatoms. The number of nitrogens with one attached hydrogen (secondary N) is 1. The Hall–Kier alpha value is -2.32. The van der Waals surface area contributed by atoms with Crippen LogP contribution in [-0.4, -0.2) is 32.7 Å². The zero-order valence-corrected chi connectivity index (χ0v) is 14.4. The molecule has 1 saturated heterocycles. The van der Waals surface area contributed by atoms with Crippen LogP contribution >= 0.6 is 22.7 Å². The molecule has 2 aromatic heterocycles. The molecule has 1 aliphatic heterocycles. The van der Waals surface area contributed by atoms with Gasteiger partial charge >= 0.3 is 6.03 Å². The van der Waals surface area contributed by atoms with E-state index >= 15 is 0 Å². The van der Waals surface area contributed by atoms with Gasteiger partial charge in [-0.25, -0.2) is 9.78 Å². The third-order valence-corrected chi connectivity index (χ3v) is 5.67. The molecule has 1 aliphatic rings. The van der Waals surface area contributed by atoms with Crippen LogP contribution in [-0.2, 0) is 0 Å². The van der Waals surface area contributed by atoms with Crippen LogP contribution in [0.25, 0.3) is 10.6 Å². The molecule has 3 aromatic rings. The SMILES string of the molecule is O=C(Nc1nnc(-c2ccccc2)s1)N1CCCC1c1nccs1. The first-order valence-corrected chi connectivity index (χ1v) is 9.37. The number of hydrogen-bond donors (Lipinski definition) is 1. The van der Waals surface area contributed by atoms with Crippen molar-refractivity contribution >= 4 is 33.8 Å². The van der Waals surface area contributed by atoms with Crippen LogP contribution < -0.4 is 5.32 Å². The van der Waals surface area contributed by atoms with Gasteiger partial charge in [-0.05, 0) is 12.8 Å². The van der Waals surface area contributed by atoms with Crippen molar-refractivity contribution in [2.24, 2.45) is 0 Å². The van der Waals surface area contributed by atoms with Crippen LogP contribution in [0, 0.1) is 0 Å². The molecule has 0 saturated carbocycles. The molecule has 0 bridgehead atoms. The molecule has 0 spiro atoms. The number of amides is 2. The number of aromatic nitrogens is 3. The number of likely N-dealkylation sites (tertiary alicyclic amines) is 1. The van der Waals surface area contributed by atoms with Crippen molar-refractivity contribution in [3.63, 3.8) is 0 Å². The van der Waals surface area contributed by atoms with E-state index in [1.54, 1.807) is 17.5 Å². The lowest BCUT2D eigenvalue weighted by Crippen LogP contribution is -2.34. The number of thiazole rings is 1. The van der Waals surface area contributed by atoms with Gasteiger partial charge in [0.1, 0.15) is 10.0 Å². The van der Waals surface area contributed by atoms with E-state index in [9.17, 15) is 4.79 Å². The van der Waals surface area contributed by atoms with Crippen molar-refractivity contribution in [1.82, 2.24) is 20.1 Å². The monoisotopic (exact) mass is 357 g/mol. The van der Waals surface area contributed by atoms with Crippen LogP contribution in [0.2, 0.25) is 0 Å². The first kappa shape index (κ1) is 15.2. The highest BCUT2D eigenvalue weighted by atomic mass is 32.1. The molecule has 0 aliphatic carbocycles.